The van der Waals surface area contributed by atoms with Gasteiger partial charge in [-0.2, -0.15) is 0 Å². The second-order valence-electron chi connectivity index (χ2n) is 7.69. The van der Waals surface area contributed by atoms with Crippen molar-refractivity contribution in [2.75, 3.05) is 6.61 Å². The molecule has 0 spiro atoms. The van der Waals surface area contributed by atoms with Crippen molar-refractivity contribution in [3.63, 3.8) is 0 Å². The fourth-order valence-corrected chi connectivity index (χ4v) is 3.76. The zero-order chi connectivity index (χ0) is 23.5. The van der Waals surface area contributed by atoms with E-state index in [1.807, 2.05) is 0 Å². The number of hydrogen-bond acceptors (Lipinski definition) is 6. The molecule has 0 saturated carbocycles. The van der Waals surface area contributed by atoms with Crippen molar-refractivity contribution in [2.24, 2.45) is 0 Å². The second kappa shape index (κ2) is 9.13. The summed E-state index contributed by atoms with van der Waals surface area (Å²) in [5.41, 5.74) is 1.42. The minimum atomic E-state index is -0.576. The Balaban J connectivity index is 1.73. The van der Waals surface area contributed by atoms with E-state index in [2.05, 4.69) is 0 Å². The number of carbonyl (C=O) groups excluding carboxylic acids is 1. The number of rotatable bonds is 7. The highest BCUT2D eigenvalue weighted by Gasteiger charge is 2.14. The van der Waals surface area contributed by atoms with Gasteiger partial charge in [0.1, 0.15) is 6.61 Å². The molecule has 0 unspecified atom stereocenters. The maximum absolute atomic E-state index is 13.3. The van der Waals surface area contributed by atoms with Crippen molar-refractivity contribution in [2.45, 2.75) is 19.5 Å². The normalized spacial score (nSPS) is 11.1. The highest BCUT2D eigenvalue weighted by Crippen LogP contribution is 2.25. The molecule has 8 heteroatoms. The average Bonchev–Trinajstić information content (AvgIpc) is 2.83. The van der Waals surface area contributed by atoms with E-state index in [1.165, 1.54) is 16.7 Å². The Kier molecular flexibility index (Phi) is 6.10. The number of ketones is 1. The predicted molar refractivity (Wildman–Crippen MR) is 123 cm³/mol. The van der Waals surface area contributed by atoms with Crippen molar-refractivity contribution in [1.29, 1.82) is 0 Å². The molecule has 4 rings (SSSR count). The topological polar surface area (TPSA) is 122 Å². The summed E-state index contributed by atoms with van der Waals surface area (Å²) in [6.45, 7) is -0.295. The minimum Gasteiger partial charge on any atom is -0.504 e. The van der Waals surface area contributed by atoms with Crippen molar-refractivity contribution in [3.8, 4) is 11.5 Å². The lowest BCUT2D eigenvalue weighted by molar-refractivity contribution is 0.0903. The number of aromatic nitrogens is 2. The van der Waals surface area contributed by atoms with Gasteiger partial charge in [0.05, 0.1) is 17.4 Å². The molecular formula is C25H22N2O6. The first-order valence-corrected chi connectivity index (χ1v) is 10.4. The van der Waals surface area contributed by atoms with Gasteiger partial charge in [-0.15, -0.1) is 0 Å². The molecule has 0 fully saturated rings. The van der Waals surface area contributed by atoms with Gasteiger partial charge in [0.15, 0.2) is 17.3 Å². The number of fused-ring (bicyclic) bond motifs is 1. The van der Waals surface area contributed by atoms with Crippen LogP contribution in [0.4, 0.5) is 0 Å². The van der Waals surface area contributed by atoms with Crippen molar-refractivity contribution >= 4 is 16.7 Å². The van der Waals surface area contributed by atoms with E-state index < -0.39 is 23.6 Å². The molecular weight excluding hydrogens is 424 g/mol. The number of aliphatic hydroxyl groups is 1. The summed E-state index contributed by atoms with van der Waals surface area (Å²) >= 11 is 0. The van der Waals surface area contributed by atoms with Crippen LogP contribution in [-0.2, 0) is 19.5 Å². The van der Waals surface area contributed by atoms with E-state index in [9.17, 15) is 24.6 Å². The second-order valence-corrected chi connectivity index (χ2v) is 7.69. The first-order valence-electron chi connectivity index (χ1n) is 10.4. The van der Waals surface area contributed by atoms with E-state index in [0.29, 0.717) is 28.5 Å². The third-order valence-corrected chi connectivity index (χ3v) is 5.56. The molecule has 0 amide bonds. The number of para-hydroxylation sites is 1. The summed E-state index contributed by atoms with van der Waals surface area (Å²) < 4.78 is 2.67. The lowest BCUT2D eigenvalue weighted by atomic mass is 10.1. The van der Waals surface area contributed by atoms with Gasteiger partial charge < -0.3 is 15.3 Å². The number of phenolic OH excluding ortho intramolecular Hbond substituents is 2. The molecule has 0 aliphatic heterocycles. The standard InChI is InChI=1S/C25H22N2O6/c28-15-23(31)18-8-5-17(6-9-18)14-27-20-4-2-1-3-19(20)24(32)26(25(27)33)12-11-16-7-10-21(29)22(30)13-16/h1-10,13,28-30H,11-12,14-15H2. The molecule has 33 heavy (non-hydrogen) atoms. The monoisotopic (exact) mass is 446 g/mol. The van der Waals surface area contributed by atoms with Crippen molar-refractivity contribution < 1.29 is 20.1 Å². The summed E-state index contributed by atoms with van der Waals surface area (Å²) in [5, 5.41) is 28.6. The van der Waals surface area contributed by atoms with E-state index in [1.54, 1.807) is 54.6 Å². The number of aromatic hydroxyl groups is 2. The fraction of sp³-hybridized carbons (Fsp3) is 0.160. The highest BCUT2D eigenvalue weighted by molar-refractivity contribution is 5.96. The summed E-state index contributed by atoms with van der Waals surface area (Å²) in [4.78, 5) is 38.0. The minimum absolute atomic E-state index is 0.0939. The Bertz CT molecular complexity index is 1450. The quantitative estimate of drug-likeness (QED) is 0.295. The molecule has 1 aromatic heterocycles. The maximum Gasteiger partial charge on any atom is 0.331 e. The van der Waals surface area contributed by atoms with E-state index in [4.69, 9.17) is 5.11 Å². The number of carbonyl (C=O) groups is 1. The fourth-order valence-electron chi connectivity index (χ4n) is 3.76. The van der Waals surface area contributed by atoms with Crippen LogP contribution in [0.1, 0.15) is 21.5 Å². The van der Waals surface area contributed by atoms with Crippen molar-refractivity contribution in [3.05, 3.63) is 104 Å². The smallest absolute Gasteiger partial charge is 0.331 e. The maximum atomic E-state index is 13.3. The third kappa shape index (κ3) is 4.42. The predicted octanol–water partition coefficient (Wildman–Crippen LogP) is 2.04. The molecule has 3 N–H and O–H groups in total. The van der Waals surface area contributed by atoms with E-state index in [-0.39, 0.29) is 24.6 Å². The number of nitrogens with zero attached hydrogens (tertiary/aromatic N) is 2. The van der Waals surface area contributed by atoms with Crippen LogP contribution < -0.4 is 11.2 Å². The number of benzene rings is 3. The lowest BCUT2D eigenvalue weighted by Crippen LogP contribution is -2.40. The number of phenols is 2. The molecule has 3 aromatic carbocycles. The van der Waals surface area contributed by atoms with Gasteiger partial charge in [-0.05, 0) is 41.8 Å². The van der Waals surface area contributed by atoms with Gasteiger partial charge in [-0.3, -0.25) is 18.7 Å². The van der Waals surface area contributed by atoms with Crippen LogP contribution in [0.3, 0.4) is 0 Å². The van der Waals surface area contributed by atoms with Crippen LogP contribution in [0.5, 0.6) is 11.5 Å². The number of hydrogen-bond donors (Lipinski definition) is 3. The molecule has 168 valence electrons. The molecule has 0 radical (unpaired) electrons. The Labute approximate surface area is 188 Å². The van der Waals surface area contributed by atoms with Gasteiger partial charge in [0, 0.05) is 12.1 Å². The van der Waals surface area contributed by atoms with Crippen LogP contribution in [0, 0.1) is 0 Å². The summed E-state index contributed by atoms with van der Waals surface area (Å²) in [6.07, 6.45) is 0.305. The molecule has 0 aliphatic carbocycles. The largest absolute Gasteiger partial charge is 0.504 e. The molecule has 0 atom stereocenters. The van der Waals surface area contributed by atoms with Gasteiger partial charge >= 0.3 is 5.69 Å². The Morgan fingerprint density at radius 1 is 0.818 bits per heavy atom. The SMILES string of the molecule is O=C(CO)c1ccc(Cn2c(=O)n(CCc3ccc(O)c(O)c3)c(=O)c3ccccc32)cc1. The van der Waals surface area contributed by atoms with Crippen LogP contribution in [0.25, 0.3) is 10.9 Å². The zero-order valence-corrected chi connectivity index (χ0v) is 17.6. The summed E-state index contributed by atoms with van der Waals surface area (Å²) in [6, 6.07) is 17.8. The van der Waals surface area contributed by atoms with Gasteiger partial charge in [-0.1, -0.05) is 42.5 Å². The highest BCUT2D eigenvalue weighted by atomic mass is 16.3. The molecule has 0 bridgehead atoms. The third-order valence-electron chi connectivity index (χ3n) is 5.56. The molecule has 1 heterocycles. The Hall–Kier alpha value is -4.17. The molecule has 8 nitrogen and oxygen atoms in total. The number of aliphatic hydroxyl groups excluding tert-OH is 1. The molecule has 0 aliphatic rings. The van der Waals surface area contributed by atoms with Crippen LogP contribution in [0.15, 0.2) is 76.3 Å². The Morgan fingerprint density at radius 2 is 1.52 bits per heavy atom. The van der Waals surface area contributed by atoms with Crippen LogP contribution >= 0.6 is 0 Å². The average molecular weight is 446 g/mol. The first-order chi connectivity index (χ1) is 15.9. The molecule has 4 aromatic rings. The van der Waals surface area contributed by atoms with Crippen LogP contribution in [0.2, 0.25) is 0 Å². The van der Waals surface area contributed by atoms with Gasteiger partial charge in [0.2, 0.25) is 0 Å². The summed E-state index contributed by atoms with van der Waals surface area (Å²) in [7, 11) is 0. The number of aryl methyl sites for hydroxylation is 1. The van der Waals surface area contributed by atoms with Crippen molar-refractivity contribution in [1.82, 2.24) is 9.13 Å². The van der Waals surface area contributed by atoms with Crippen LogP contribution in [-0.4, -0.2) is 36.8 Å². The van der Waals surface area contributed by atoms with E-state index in [0.717, 1.165) is 10.1 Å². The lowest BCUT2D eigenvalue weighted by Gasteiger charge is -2.14. The molecule has 0 saturated heterocycles. The first kappa shape index (κ1) is 22.0. The zero-order valence-electron chi connectivity index (χ0n) is 17.6. The Morgan fingerprint density at radius 3 is 2.21 bits per heavy atom. The van der Waals surface area contributed by atoms with Gasteiger partial charge in [-0.25, -0.2) is 4.79 Å². The van der Waals surface area contributed by atoms with E-state index >= 15 is 0 Å². The number of Topliss-reactive ketones (excluding diaryl/α,β-unsaturated/α-hetero) is 1. The summed E-state index contributed by atoms with van der Waals surface area (Å²) in [5.74, 6) is -0.896. The van der Waals surface area contributed by atoms with Gasteiger partial charge in [0.25, 0.3) is 5.56 Å².